The highest BCUT2D eigenvalue weighted by Gasteiger charge is 1.96. The van der Waals surface area contributed by atoms with Crippen LogP contribution < -0.4 is 11.1 Å². The molecule has 0 amide bonds. The zero-order valence-corrected chi connectivity index (χ0v) is 12.1. The van der Waals surface area contributed by atoms with Gasteiger partial charge in [0.1, 0.15) is 0 Å². The van der Waals surface area contributed by atoms with Gasteiger partial charge in [-0.15, -0.1) is 0 Å². The van der Waals surface area contributed by atoms with Gasteiger partial charge in [-0.3, -0.25) is 0 Å². The Kier molecular flexibility index (Phi) is 13.9. The quantitative estimate of drug-likeness (QED) is 0.482. The van der Waals surface area contributed by atoms with E-state index in [0.29, 0.717) is 6.04 Å². The van der Waals surface area contributed by atoms with Crippen molar-refractivity contribution in [2.75, 3.05) is 13.1 Å². The summed E-state index contributed by atoms with van der Waals surface area (Å²) in [7, 11) is 0. The largest absolute Gasteiger partial charge is 0.329 e. The van der Waals surface area contributed by atoms with Crippen molar-refractivity contribution in [1.82, 2.24) is 5.32 Å². The molecule has 0 spiro atoms. The first-order valence-corrected chi connectivity index (χ1v) is 7.74. The van der Waals surface area contributed by atoms with E-state index in [0.717, 1.165) is 13.1 Å². The molecule has 0 bridgehead atoms. The minimum absolute atomic E-state index is 0.480. The zero-order valence-electron chi connectivity index (χ0n) is 12.1. The minimum Gasteiger partial charge on any atom is -0.329 e. The molecule has 0 rings (SSSR count). The molecule has 0 saturated carbocycles. The number of hydrogen-bond acceptors (Lipinski definition) is 2. The Balaban J connectivity index is 2.94. The molecule has 1 atom stereocenters. The maximum Gasteiger partial charge on any atom is 0.0161 e. The van der Waals surface area contributed by atoms with E-state index in [1.165, 1.54) is 64.2 Å². The van der Waals surface area contributed by atoms with Crippen molar-refractivity contribution in [3.05, 3.63) is 0 Å². The fraction of sp³-hybridized carbons (Fsp3) is 1.00. The van der Waals surface area contributed by atoms with E-state index in [1.807, 2.05) is 0 Å². The van der Waals surface area contributed by atoms with Crippen LogP contribution in [0.1, 0.15) is 78.1 Å². The van der Waals surface area contributed by atoms with Gasteiger partial charge in [-0.25, -0.2) is 0 Å². The standard InChI is InChI=1S/C15H34N2/c1-3-4-5-6-7-8-9-10-11-12-13-17-15(2)14-16/h15,17H,3-14,16H2,1-2H3/t15-/m0/s1. The second-order valence-electron chi connectivity index (χ2n) is 5.27. The van der Waals surface area contributed by atoms with E-state index in [1.54, 1.807) is 0 Å². The molecule has 3 N–H and O–H groups in total. The average molecular weight is 242 g/mol. The first-order chi connectivity index (χ1) is 8.31. The number of unbranched alkanes of at least 4 members (excludes halogenated alkanes) is 9. The van der Waals surface area contributed by atoms with Crippen molar-refractivity contribution >= 4 is 0 Å². The van der Waals surface area contributed by atoms with Gasteiger partial charge >= 0.3 is 0 Å². The lowest BCUT2D eigenvalue weighted by Crippen LogP contribution is -2.33. The van der Waals surface area contributed by atoms with Crippen LogP contribution in [-0.4, -0.2) is 19.1 Å². The fourth-order valence-electron chi connectivity index (χ4n) is 2.04. The Morgan fingerprint density at radius 3 is 1.76 bits per heavy atom. The van der Waals surface area contributed by atoms with Crippen molar-refractivity contribution in [3.8, 4) is 0 Å². The summed E-state index contributed by atoms with van der Waals surface area (Å²) >= 11 is 0. The van der Waals surface area contributed by atoms with Crippen molar-refractivity contribution in [1.29, 1.82) is 0 Å². The highest BCUT2D eigenvalue weighted by atomic mass is 14.9. The summed E-state index contributed by atoms with van der Waals surface area (Å²) in [5, 5.41) is 3.43. The summed E-state index contributed by atoms with van der Waals surface area (Å²) in [5.41, 5.74) is 5.54. The van der Waals surface area contributed by atoms with Crippen LogP contribution in [0.2, 0.25) is 0 Å². The van der Waals surface area contributed by atoms with Gasteiger partial charge in [0.25, 0.3) is 0 Å². The smallest absolute Gasteiger partial charge is 0.0161 e. The highest BCUT2D eigenvalue weighted by molar-refractivity contribution is 4.60. The third kappa shape index (κ3) is 13.9. The predicted molar refractivity (Wildman–Crippen MR) is 78.4 cm³/mol. The molecule has 0 aromatic carbocycles. The van der Waals surface area contributed by atoms with Crippen LogP contribution in [0.4, 0.5) is 0 Å². The molecule has 0 heterocycles. The molecule has 0 aliphatic heterocycles. The van der Waals surface area contributed by atoms with Gasteiger partial charge in [-0.05, 0) is 19.9 Å². The first kappa shape index (κ1) is 16.9. The molecular weight excluding hydrogens is 208 g/mol. The van der Waals surface area contributed by atoms with E-state index in [4.69, 9.17) is 5.73 Å². The van der Waals surface area contributed by atoms with Crippen molar-refractivity contribution in [2.45, 2.75) is 84.1 Å². The SMILES string of the molecule is CCCCCCCCCCCCN[C@@H](C)CN. The predicted octanol–water partition coefficient (Wildman–Crippen LogP) is 3.84. The molecular formula is C15H34N2. The number of rotatable bonds is 13. The third-order valence-electron chi connectivity index (χ3n) is 3.38. The summed E-state index contributed by atoms with van der Waals surface area (Å²) in [6.45, 7) is 6.31. The van der Waals surface area contributed by atoms with Gasteiger partial charge in [-0.2, -0.15) is 0 Å². The summed E-state index contributed by atoms with van der Waals surface area (Å²) in [6.07, 6.45) is 14.1. The number of nitrogens with one attached hydrogen (secondary N) is 1. The second-order valence-corrected chi connectivity index (χ2v) is 5.27. The maximum absolute atomic E-state index is 5.54. The average Bonchev–Trinajstić information content (AvgIpc) is 2.35. The molecule has 0 fully saturated rings. The molecule has 0 aromatic rings. The topological polar surface area (TPSA) is 38.0 Å². The maximum atomic E-state index is 5.54. The second kappa shape index (κ2) is 14.0. The van der Waals surface area contributed by atoms with Crippen LogP contribution in [0, 0.1) is 0 Å². The van der Waals surface area contributed by atoms with Gasteiger partial charge in [-0.1, -0.05) is 64.7 Å². The van der Waals surface area contributed by atoms with Crippen molar-refractivity contribution < 1.29 is 0 Å². The van der Waals surface area contributed by atoms with Crippen LogP contribution >= 0.6 is 0 Å². The Bertz CT molecular complexity index is 137. The first-order valence-electron chi connectivity index (χ1n) is 7.74. The van der Waals surface area contributed by atoms with Crippen LogP contribution in [0.5, 0.6) is 0 Å². The lowest BCUT2D eigenvalue weighted by molar-refractivity contribution is 0.511. The summed E-state index contributed by atoms with van der Waals surface area (Å²) in [4.78, 5) is 0. The van der Waals surface area contributed by atoms with E-state index in [-0.39, 0.29) is 0 Å². The van der Waals surface area contributed by atoms with Crippen LogP contribution in [0.15, 0.2) is 0 Å². The summed E-state index contributed by atoms with van der Waals surface area (Å²) in [5.74, 6) is 0. The van der Waals surface area contributed by atoms with Gasteiger partial charge in [0.2, 0.25) is 0 Å². The van der Waals surface area contributed by atoms with E-state index in [9.17, 15) is 0 Å². The van der Waals surface area contributed by atoms with E-state index >= 15 is 0 Å². The molecule has 0 aliphatic carbocycles. The molecule has 0 aliphatic rings. The van der Waals surface area contributed by atoms with Crippen LogP contribution in [0.25, 0.3) is 0 Å². The van der Waals surface area contributed by atoms with Gasteiger partial charge in [0, 0.05) is 12.6 Å². The third-order valence-corrected chi connectivity index (χ3v) is 3.38. The molecule has 104 valence electrons. The van der Waals surface area contributed by atoms with Crippen LogP contribution in [-0.2, 0) is 0 Å². The fourth-order valence-corrected chi connectivity index (χ4v) is 2.04. The Hall–Kier alpha value is -0.0800. The van der Waals surface area contributed by atoms with Crippen LogP contribution in [0.3, 0.4) is 0 Å². The Morgan fingerprint density at radius 2 is 1.29 bits per heavy atom. The molecule has 2 nitrogen and oxygen atoms in total. The summed E-state index contributed by atoms with van der Waals surface area (Å²) < 4.78 is 0. The van der Waals surface area contributed by atoms with Gasteiger partial charge in [0.05, 0.1) is 0 Å². The van der Waals surface area contributed by atoms with Crippen molar-refractivity contribution in [2.24, 2.45) is 5.73 Å². The number of hydrogen-bond donors (Lipinski definition) is 2. The lowest BCUT2D eigenvalue weighted by atomic mass is 10.1. The molecule has 0 aromatic heterocycles. The van der Waals surface area contributed by atoms with E-state index < -0.39 is 0 Å². The molecule has 17 heavy (non-hydrogen) atoms. The van der Waals surface area contributed by atoms with Crippen molar-refractivity contribution in [3.63, 3.8) is 0 Å². The lowest BCUT2D eigenvalue weighted by Gasteiger charge is -2.10. The normalized spacial score (nSPS) is 12.9. The Labute approximate surface area is 109 Å². The highest BCUT2D eigenvalue weighted by Crippen LogP contribution is 2.10. The molecule has 0 saturated heterocycles. The minimum atomic E-state index is 0.480. The number of nitrogens with two attached hydrogens (primary N) is 1. The van der Waals surface area contributed by atoms with Gasteiger partial charge in [0.15, 0.2) is 0 Å². The van der Waals surface area contributed by atoms with Gasteiger partial charge < -0.3 is 11.1 Å². The zero-order chi connectivity index (χ0) is 12.8. The molecule has 0 unspecified atom stereocenters. The Morgan fingerprint density at radius 1 is 0.824 bits per heavy atom. The monoisotopic (exact) mass is 242 g/mol. The molecule has 0 radical (unpaired) electrons. The summed E-state index contributed by atoms with van der Waals surface area (Å²) in [6, 6.07) is 0.480. The van der Waals surface area contributed by atoms with E-state index in [2.05, 4.69) is 19.2 Å². The molecule has 2 heteroatoms.